The molecule has 194 valence electrons. The topological polar surface area (TPSA) is 125 Å². The summed E-state index contributed by atoms with van der Waals surface area (Å²) in [6, 6.07) is 8.82. The van der Waals surface area contributed by atoms with Crippen LogP contribution in [0.3, 0.4) is 0 Å². The molecular weight excluding hydrogens is 497 g/mol. The quantitative estimate of drug-likeness (QED) is 0.443. The van der Waals surface area contributed by atoms with Crippen molar-refractivity contribution in [2.75, 3.05) is 84.9 Å². The lowest BCUT2D eigenvalue weighted by atomic mass is 10.3. The molecule has 34 heavy (non-hydrogen) atoms. The molecule has 1 saturated heterocycles. The van der Waals surface area contributed by atoms with Crippen molar-refractivity contribution in [2.45, 2.75) is 12.8 Å². The Morgan fingerprint density at radius 2 is 1.29 bits per heavy atom. The predicted octanol–water partition coefficient (Wildman–Crippen LogP) is 1.72. The molecule has 0 saturated carbocycles. The molecule has 10 nitrogen and oxygen atoms in total. The second-order valence-electron chi connectivity index (χ2n) is 9.21. The van der Waals surface area contributed by atoms with Gasteiger partial charge in [0.25, 0.3) is 13.3 Å². The smallest absolute Gasteiger partial charge is 0.340 e. The number of hydrogen-bond donors (Lipinski definition) is 3. The van der Waals surface area contributed by atoms with E-state index in [9.17, 15) is 23.5 Å². The molecule has 3 atom stereocenters. The van der Waals surface area contributed by atoms with Gasteiger partial charge in [-0.2, -0.15) is 4.89 Å². The molecule has 0 amide bonds. The summed E-state index contributed by atoms with van der Waals surface area (Å²) in [7, 11) is -5.83. The van der Waals surface area contributed by atoms with Crippen LogP contribution in [-0.2, 0) is 13.7 Å². The molecule has 13 heteroatoms. The molecular formula is C21H40N4O6P3+. The van der Waals surface area contributed by atoms with Gasteiger partial charge >= 0.3 is 8.03 Å². The van der Waals surface area contributed by atoms with Crippen molar-refractivity contribution in [3.05, 3.63) is 30.3 Å². The molecule has 1 aliphatic heterocycles. The summed E-state index contributed by atoms with van der Waals surface area (Å²) in [6.07, 6.45) is 1.67. The van der Waals surface area contributed by atoms with Crippen molar-refractivity contribution in [1.82, 2.24) is 19.6 Å². The molecule has 2 rings (SSSR count). The largest absolute Gasteiger partial charge is 0.515 e. The number of rotatable bonds is 7. The maximum Gasteiger partial charge on any atom is 0.515 e. The van der Waals surface area contributed by atoms with Gasteiger partial charge in [-0.3, -0.25) is 18.9 Å². The third kappa shape index (κ3) is 11.5. The van der Waals surface area contributed by atoms with E-state index in [2.05, 4.69) is 14.7 Å². The molecule has 3 unspecified atom stereocenters. The van der Waals surface area contributed by atoms with E-state index >= 15 is 0 Å². The Balaban J connectivity index is 1.99. The van der Waals surface area contributed by atoms with Crippen molar-refractivity contribution in [3.8, 4) is 0 Å². The van der Waals surface area contributed by atoms with Gasteiger partial charge < -0.3 is 19.6 Å². The predicted molar refractivity (Wildman–Crippen MR) is 138 cm³/mol. The highest BCUT2D eigenvalue weighted by Gasteiger charge is 2.32. The highest BCUT2D eigenvalue weighted by molar-refractivity contribution is 7.68. The highest BCUT2D eigenvalue weighted by Crippen LogP contribution is 2.47. The van der Waals surface area contributed by atoms with Crippen LogP contribution in [-0.4, -0.2) is 119 Å². The van der Waals surface area contributed by atoms with Gasteiger partial charge in [0.05, 0.1) is 12.6 Å². The standard InChI is InChI=1S/C21H39N4O6P3/c1-22-11-7-13-25(19-34(30,31)21-8-4-3-5-9-21)17-15-23(2)10-6-12-24(16-14-22)18-33(28,29)20-32(26)27/h3-5,8-9H,6-7,10-20H2,1-2H3,(H2-,26,27,28,29,30,31)/p+1. The zero-order chi connectivity index (χ0) is 25.2. The first kappa shape index (κ1) is 29.7. The summed E-state index contributed by atoms with van der Waals surface area (Å²) >= 11 is 0. The van der Waals surface area contributed by atoms with Crippen molar-refractivity contribution in [3.63, 3.8) is 0 Å². The van der Waals surface area contributed by atoms with Gasteiger partial charge in [0.1, 0.15) is 0 Å². The number of likely N-dealkylation sites (N-methyl/N-ethyl adjacent to an activating group) is 2. The Bertz CT molecular complexity index is 862. The molecule has 1 heterocycles. The molecule has 1 fully saturated rings. The van der Waals surface area contributed by atoms with Gasteiger partial charge in [-0.15, -0.1) is 0 Å². The summed E-state index contributed by atoms with van der Waals surface area (Å²) in [6.45, 7) is 5.61. The number of nitrogens with zero attached hydrogens (tertiary/aromatic N) is 4. The minimum Gasteiger partial charge on any atom is -0.340 e. The molecule has 1 aliphatic rings. The van der Waals surface area contributed by atoms with Crippen molar-refractivity contribution >= 4 is 28.1 Å². The third-order valence-corrected chi connectivity index (χ3v) is 11.4. The van der Waals surface area contributed by atoms with Gasteiger partial charge in [0.15, 0.2) is 0 Å². The second kappa shape index (κ2) is 14.3. The summed E-state index contributed by atoms with van der Waals surface area (Å²) < 4.78 is 36.5. The Kier molecular flexibility index (Phi) is 12.5. The third-order valence-electron chi connectivity index (χ3n) is 5.94. The molecule has 0 bridgehead atoms. The molecule has 0 radical (unpaired) electrons. The van der Waals surface area contributed by atoms with Crippen LogP contribution in [0, 0.1) is 0 Å². The van der Waals surface area contributed by atoms with Crippen LogP contribution >= 0.6 is 22.8 Å². The van der Waals surface area contributed by atoms with E-state index in [0.29, 0.717) is 38.0 Å². The fourth-order valence-electron chi connectivity index (χ4n) is 4.04. The fourth-order valence-corrected chi connectivity index (χ4v) is 8.45. The Morgan fingerprint density at radius 3 is 1.79 bits per heavy atom. The van der Waals surface area contributed by atoms with Crippen molar-refractivity contribution < 1.29 is 28.4 Å². The van der Waals surface area contributed by atoms with E-state index in [-0.39, 0.29) is 12.6 Å². The van der Waals surface area contributed by atoms with Gasteiger partial charge in [0, 0.05) is 31.5 Å². The Morgan fingerprint density at radius 1 is 0.794 bits per heavy atom. The van der Waals surface area contributed by atoms with Crippen LogP contribution in [0.25, 0.3) is 0 Å². The van der Waals surface area contributed by atoms with E-state index in [4.69, 9.17) is 4.89 Å². The normalized spacial score (nSPS) is 23.5. The first-order chi connectivity index (χ1) is 16.0. The van der Waals surface area contributed by atoms with Crippen molar-refractivity contribution in [2.24, 2.45) is 0 Å². The Labute approximate surface area is 204 Å². The molecule has 0 aromatic heterocycles. The number of hydrogen-bond acceptors (Lipinski definition) is 7. The van der Waals surface area contributed by atoms with Crippen LogP contribution in [0.2, 0.25) is 0 Å². The lowest BCUT2D eigenvalue weighted by Crippen LogP contribution is -2.40. The van der Waals surface area contributed by atoms with Crippen molar-refractivity contribution in [1.29, 1.82) is 0 Å². The zero-order valence-corrected chi connectivity index (χ0v) is 23.0. The van der Waals surface area contributed by atoms with E-state index in [1.165, 1.54) is 0 Å². The molecule has 0 aliphatic carbocycles. The summed E-state index contributed by atoms with van der Waals surface area (Å²) in [5, 5.41) is 0.479. The van der Waals surface area contributed by atoms with Crippen LogP contribution in [0.15, 0.2) is 30.3 Å². The monoisotopic (exact) mass is 537 g/mol. The lowest BCUT2D eigenvalue weighted by Gasteiger charge is -2.30. The van der Waals surface area contributed by atoms with E-state index in [1.807, 2.05) is 25.1 Å². The maximum absolute atomic E-state index is 13.0. The Hall–Kier alpha value is -0.500. The zero-order valence-electron chi connectivity index (χ0n) is 20.3. The SMILES string of the molecule is CN1CCCN(CP(=O)(O)c2ccccc2)CCN(C)CCCN(CP(=O)(O)C[P+](=O)O)CC1. The first-order valence-electron chi connectivity index (χ1n) is 11.6. The highest BCUT2D eigenvalue weighted by atomic mass is 31.2. The summed E-state index contributed by atoms with van der Waals surface area (Å²) in [5.41, 5.74) is 0. The lowest BCUT2D eigenvalue weighted by molar-refractivity contribution is 0.194. The van der Waals surface area contributed by atoms with Crippen LogP contribution in [0.4, 0.5) is 0 Å². The second-order valence-corrected chi connectivity index (χ2v) is 15.2. The summed E-state index contributed by atoms with van der Waals surface area (Å²) in [5.74, 6) is -0.567. The van der Waals surface area contributed by atoms with Crippen LogP contribution in [0.5, 0.6) is 0 Å². The van der Waals surface area contributed by atoms with Crippen LogP contribution < -0.4 is 5.30 Å². The average Bonchev–Trinajstić information content (AvgIpc) is 2.74. The molecule has 1 aromatic rings. The molecule has 0 spiro atoms. The van der Waals surface area contributed by atoms with Gasteiger partial charge in [-0.05, 0) is 69.8 Å². The van der Waals surface area contributed by atoms with Gasteiger partial charge in [0.2, 0.25) is 7.37 Å². The summed E-state index contributed by atoms with van der Waals surface area (Å²) in [4.78, 5) is 38.2. The van der Waals surface area contributed by atoms with Gasteiger partial charge in [-0.25, -0.2) is 0 Å². The minimum absolute atomic E-state index is 0.0781. The van der Waals surface area contributed by atoms with Gasteiger partial charge in [-0.1, -0.05) is 18.2 Å². The average molecular weight is 537 g/mol. The van der Waals surface area contributed by atoms with E-state index in [1.54, 1.807) is 24.3 Å². The number of benzene rings is 1. The molecule has 1 aromatic carbocycles. The minimum atomic E-state index is -3.70. The van der Waals surface area contributed by atoms with E-state index < -0.39 is 28.7 Å². The fraction of sp³-hybridized carbons (Fsp3) is 0.714. The van der Waals surface area contributed by atoms with Crippen LogP contribution in [0.1, 0.15) is 12.8 Å². The van der Waals surface area contributed by atoms with E-state index in [0.717, 1.165) is 32.5 Å². The first-order valence-corrected chi connectivity index (χ1v) is 16.9. The maximum atomic E-state index is 13.0. The molecule has 3 N–H and O–H groups in total.